The molecular formula is C10H19N3O2. The summed E-state index contributed by atoms with van der Waals surface area (Å²) in [5.41, 5.74) is 0. The maximum Gasteiger partial charge on any atom is 0.221 e. The Morgan fingerprint density at radius 1 is 1.27 bits per heavy atom. The van der Waals surface area contributed by atoms with Crippen molar-refractivity contribution in [2.45, 2.75) is 19.8 Å². The van der Waals surface area contributed by atoms with E-state index in [4.69, 9.17) is 0 Å². The lowest BCUT2D eigenvalue weighted by Crippen LogP contribution is -2.44. The highest BCUT2D eigenvalue weighted by molar-refractivity contribution is 5.79. The summed E-state index contributed by atoms with van der Waals surface area (Å²) in [6.07, 6.45) is 0.935. The Kier molecular flexibility index (Phi) is 5.10. The molecule has 1 heterocycles. The fourth-order valence-electron chi connectivity index (χ4n) is 1.43. The summed E-state index contributed by atoms with van der Waals surface area (Å²) in [6.45, 7) is 4.82. The van der Waals surface area contributed by atoms with Gasteiger partial charge >= 0.3 is 0 Å². The van der Waals surface area contributed by atoms with Gasteiger partial charge in [0, 0.05) is 25.9 Å². The van der Waals surface area contributed by atoms with Crippen molar-refractivity contribution in [2.75, 3.05) is 26.2 Å². The Bertz CT molecular complexity index is 227. The van der Waals surface area contributed by atoms with Crippen molar-refractivity contribution >= 4 is 11.8 Å². The molecule has 0 spiro atoms. The van der Waals surface area contributed by atoms with E-state index in [1.165, 1.54) is 0 Å². The molecule has 0 unspecified atom stereocenters. The molecular weight excluding hydrogens is 194 g/mol. The second-order valence-electron chi connectivity index (χ2n) is 3.78. The van der Waals surface area contributed by atoms with E-state index >= 15 is 0 Å². The van der Waals surface area contributed by atoms with Crippen molar-refractivity contribution in [2.24, 2.45) is 5.92 Å². The van der Waals surface area contributed by atoms with Crippen molar-refractivity contribution in [3.05, 3.63) is 0 Å². The second-order valence-corrected chi connectivity index (χ2v) is 3.78. The van der Waals surface area contributed by atoms with Crippen molar-refractivity contribution < 1.29 is 9.59 Å². The molecule has 5 heteroatoms. The van der Waals surface area contributed by atoms with E-state index in [1.54, 1.807) is 0 Å². The van der Waals surface area contributed by atoms with Crippen LogP contribution in [0.3, 0.4) is 0 Å². The zero-order chi connectivity index (χ0) is 11.1. The van der Waals surface area contributed by atoms with Gasteiger partial charge in [-0.05, 0) is 25.9 Å². The van der Waals surface area contributed by atoms with Gasteiger partial charge in [-0.25, -0.2) is 0 Å². The van der Waals surface area contributed by atoms with Crippen molar-refractivity contribution in [3.8, 4) is 0 Å². The smallest absolute Gasteiger partial charge is 0.221 e. The second kappa shape index (κ2) is 6.40. The molecule has 0 aromatic rings. The number of amides is 2. The minimum absolute atomic E-state index is 0.0110. The Labute approximate surface area is 90.0 Å². The number of rotatable bonds is 6. The van der Waals surface area contributed by atoms with Crippen LogP contribution in [0.15, 0.2) is 0 Å². The molecule has 5 nitrogen and oxygen atoms in total. The number of hydrogen-bond acceptors (Lipinski definition) is 3. The van der Waals surface area contributed by atoms with E-state index in [0.29, 0.717) is 31.8 Å². The molecule has 15 heavy (non-hydrogen) atoms. The molecule has 0 aliphatic carbocycles. The number of nitrogens with one attached hydrogen (secondary N) is 3. The third-order valence-corrected chi connectivity index (χ3v) is 2.39. The molecule has 0 aromatic heterocycles. The zero-order valence-corrected chi connectivity index (χ0v) is 9.14. The third-order valence-electron chi connectivity index (χ3n) is 2.39. The molecule has 0 radical (unpaired) electrons. The SMILES string of the molecule is CCNC(=O)CCNC(=O)CC1CNC1. The minimum Gasteiger partial charge on any atom is -0.356 e. The lowest BCUT2D eigenvalue weighted by molar-refractivity contribution is -0.123. The first kappa shape index (κ1) is 12.0. The standard InChI is InChI=1S/C10H19N3O2/c1-2-12-9(14)3-4-13-10(15)5-8-6-11-7-8/h8,11H,2-7H2,1H3,(H,12,14)(H,13,15). The van der Waals surface area contributed by atoms with Crippen LogP contribution in [0.25, 0.3) is 0 Å². The molecule has 1 saturated heterocycles. The van der Waals surface area contributed by atoms with Crippen molar-refractivity contribution in [3.63, 3.8) is 0 Å². The molecule has 86 valence electrons. The third kappa shape index (κ3) is 4.78. The lowest BCUT2D eigenvalue weighted by Gasteiger charge is -2.26. The fraction of sp³-hybridized carbons (Fsp3) is 0.800. The number of carbonyl (C=O) groups excluding carboxylic acids is 2. The summed E-state index contributed by atoms with van der Waals surface area (Å²) in [5.74, 6) is 0.517. The largest absolute Gasteiger partial charge is 0.356 e. The Balaban J connectivity index is 1.98. The topological polar surface area (TPSA) is 70.2 Å². The molecule has 1 rings (SSSR count). The van der Waals surface area contributed by atoms with Gasteiger partial charge in [0.15, 0.2) is 0 Å². The first-order chi connectivity index (χ1) is 7.22. The van der Waals surface area contributed by atoms with E-state index in [1.807, 2.05) is 6.92 Å². The highest BCUT2D eigenvalue weighted by Crippen LogP contribution is 2.07. The highest BCUT2D eigenvalue weighted by Gasteiger charge is 2.19. The predicted molar refractivity (Wildman–Crippen MR) is 57.3 cm³/mol. The molecule has 1 fully saturated rings. The van der Waals surface area contributed by atoms with Crippen LogP contribution in [0.1, 0.15) is 19.8 Å². The van der Waals surface area contributed by atoms with Crippen LogP contribution in [0.4, 0.5) is 0 Å². The van der Waals surface area contributed by atoms with E-state index in [0.717, 1.165) is 13.1 Å². The molecule has 0 atom stereocenters. The fourth-order valence-corrected chi connectivity index (χ4v) is 1.43. The summed E-state index contributed by atoms with van der Waals surface area (Å²) < 4.78 is 0. The molecule has 2 amide bonds. The summed E-state index contributed by atoms with van der Waals surface area (Å²) >= 11 is 0. The first-order valence-electron chi connectivity index (χ1n) is 5.46. The van der Waals surface area contributed by atoms with E-state index in [9.17, 15) is 9.59 Å². The van der Waals surface area contributed by atoms with Gasteiger partial charge in [0.1, 0.15) is 0 Å². The van der Waals surface area contributed by atoms with E-state index < -0.39 is 0 Å². The predicted octanol–water partition coefficient (Wildman–Crippen LogP) is -0.762. The molecule has 3 N–H and O–H groups in total. The van der Waals surface area contributed by atoms with Gasteiger partial charge < -0.3 is 16.0 Å². The van der Waals surface area contributed by atoms with Gasteiger partial charge in [0.25, 0.3) is 0 Å². The molecule has 0 aromatic carbocycles. The zero-order valence-electron chi connectivity index (χ0n) is 9.14. The molecule has 1 aliphatic rings. The van der Waals surface area contributed by atoms with Gasteiger partial charge in [-0.2, -0.15) is 0 Å². The van der Waals surface area contributed by atoms with Gasteiger partial charge in [-0.3, -0.25) is 9.59 Å². The maximum atomic E-state index is 11.3. The molecule has 0 saturated carbocycles. The summed E-state index contributed by atoms with van der Waals surface area (Å²) in [4.78, 5) is 22.4. The summed E-state index contributed by atoms with van der Waals surface area (Å²) in [6, 6.07) is 0. The average Bonchev–Trinajstić information content (AvgIpc) is 2.12. The van der Waals surface area contributed by atoms with Crippen LogP contribution < -0.4 is 16.0 Å². The minimum atomic E-state index is -0.0110. The van der Waals surface area contributed by atoms with Crippen LogP contribution in [0, 0.1) is 5.92 Å². The average molecular weight is 213 g/mol. The van der Waals surface area contributed by atoms with Crippen LogP contribution in [-0.4, -0.2) is 38.0 Å². The quantitative estimate of drug-likeness (QED) is 0.543. The lowest BCUT2D eigenvalue weighted by atomic mass is 9.99. The maximum absolute atomic E-state index is 11.3. The van der Waals surface area contributed by atoms with E-state index in [2.05, 4.69) is 16.0 Å². The van der Waals surface area contributed by atoms with Crippen LogP contribution in [0.5, 0.6) is 0 Å². The van der Waals surface area contributed by atoms with Crippen molar-refractivity contribution in [1.82, 2.24) is 16.0 Å². The highest BCUT2D eigenvalue weighted by atomic mass is 16.2. The summed E-state index contributed by atoms with van der Waals surface area (Å²) in [7, 11) is 0. The van der Waals surface area contributed by atoms with Crippen LogP contribution >= 0.6 is 0 Å². The number of hydrogen-bond donors (Lipinski definition) is 3. The van der Waals surface area contributed by atoms with Gasteiger partial charge in [-0.15, -0.1) is 0 Å². The number of carbonyl (C=O) groups is 2. The van der Waals surface area contributed by atoms with Gasteiger partial charge in [0.05, 0.1) is 0 Å². The monoisotopic (exact) mass is 213 g/mol. The molecule has 1 aliphatic heterocycles. The Morgan fingerprint density at radius 2 is 2.00 bits per heavy atom. The van der Waals surface area contributed by atoms with E-state index in [-0.39, 0.29) is 11.8 Å². The van der Waals surface area contributed by atoms with Gasteiger partial charge in [-0.1, -0.05) is 0 Å². The Hall–Kier alpha value is -1.10. The van der Waals surface area contributed by atoms with Crippen molar-refractivity contribution in [1.29, 1.82) is 0 Å². The first-order valence-corrected chi connectivity index (χ1v) is 5.46. The summed E-state index contributed by atoms with van der Waals surface area (Å²) in [5, 5.41) is 8.54. The van der Waals surface area contributed by atoms with Gasteiger partial charge in [0.2, 0.25) is 11.8 Å². The molecule has 0 bridgehead atoms. The van der Waals surface area contributed by atoms with Crippen LogP contribution in [-0.2, 0) is 9.59 Å². The van der Waals surface area contributed by atoms with Crippen LogP contribution in [0.2, 0.25) is 0 Å². The Morgan fingerprint density at radius 3 is 2.53 bits per heavy atom. The normalized spacial score (nSPS) is 15.5.